The van der Waals surface area contributed by atoms with Crippen molar-refractivity contribution < 1.29 is 9.72 Å². The smallest absolute Gasteiger partial charge is 0.288 e. The number of amides is 1. The third-order valence-electron chi connectivity index (χ3n) is 2.46. The van der Waals surface area contributed by atoms with Crippen molar-refractivity contribution in [3.63, 3.8) is 0 Å². The predicted octanol–water partition coefficient (Wildman–Crippen LogP) is 1.90. The molecule has 8 heteroatoms. The SMILES string of the molecule is CCCNc1ncc([N+](=O)[O-])cc1C(=O)NCCSC. The van der Waals surface area contributed by atoms with Gasteiger partial charge in [-0.2, -0.15) is 11.8 Å². The van der Waals surface area contributed by atoms with Crippen LogP contribution in [0, 0.1) is 10.1 Å². The highest BCUT2D eigenvalue weighted by molar-refractivity contribution is 7.98. The minimum Gasteiger partial charge on any atom is -0.369 e. The fraction of sp³-hybridized carbons (Fsp3) is 0.500. The molecule has 0 aliphatic rings. The van der Waals surface area contributed by atoms with Crippen LogP contribution in [0.4, 0.5) is 11.5 Å². The molecule has 0 radical (unpaired) electrons. The van der Waals surface area contributed by atoms with E-state index in [4.69, 9.17) is 0 Å². The first kappa shape index (κ1) is 16.2. The molecule has 7 nitrogen and oxygen atoms in total. The van der Waals surface area contributed by atoms with E-state index in [0.29, 0.717) is 18.9 Å². The topological polar surface area (TPSA) is 97.2 Å². The molecule has 0 saturated carbocycles. The van der Waals surface area contributed by atoms with Gasteiger partial charge in [0.15, 0.2) is 0 Å². The number of hydrogen-bond acceptors (Lipinski definition) is 6. The van der Waals surface area contributed by atoms with Crippen LogP contribution in [-0.2, 0) is 0 Å². The molecule has 2 N–H and O–H groups in total. The first-order valence-corrected chi connectivity index (χ1v) is 7.65. The number of nitrogens with one attached hydrogen (secondary N) is 2. The van der Waals surface area contributed by atoms with Gasteiger partial charge in [0.2, 0.25) is 0 Å². The second kappa shape index (κ2) is 8.36. The highest BCUT2D eigenvalue weighted by Gasteiger charge is 2.17. The van der Waals surface area contributed by atoms with Crippen LogP contribution in [-0.4, -0.2) is 40.9 Å². The maximum Gasteiger partial charge on any atom is 0.288 e. The van der Waals surface area contributed by atoms with Crippen LogP contribution in [0.1, 0.15) is 23.7 Å². The van der Waals surface area contributed by atoms with E-state index < -0.39 is 4.92 Å². The van der Waals surface area contributed by atoms with Crippen LogP contribution in [0.2, 0.25) is 0 Å². The summed E-state index contributed by atoms with van der Waals surface area (Å²) < 4.78 is 0. The van der Waals surface area contributed by atoms with E-state index in [1.54, 1.807) is 11.8 Å². The Morgan fingerprint density at radius 1 is 1.50 bits per heavy atom. The normalized spacial score (nSPS) is 10.1. The van der Waals surface area contributed by atoms with E-state index in [1.165, 1.54) is 6.07 Å². The summed E-state index contributed by atoms with van der Waals surface area (Å²) in [5.74, 6) is 0.805. The van der Waals surface area contributed by atoms with Gasteiger partial charge in [0.05, 0.1) is 10.5 Å². The lowest BCUT2D eigenvalue weighted by molar-refractivity contribution is -0.385. The zero-order chi connectivity index (χ0) is 15.0. The second-order valence-corrected chi connectivity index (χ2v) is 5.01. The number of nitrogens with zero attached hydrogens (tertiary/aromatic N) is 2. The fourth-order valence-electron chi connectivity index (χ4n) is 1.47. The highest BCUT2D eigenvalue weighted by Crippen LogP contribution is 2.19. The molecule has 0 spiro atoms. The van der Waals surface area contributed by atoms with Crippen molar-refractivity contribution in [2.45, 2.75) is 13.3 Å². The molecule has 20 heavy (non-hydrogen) atoms. The molecular weight excluding hydrogens is 280 g/mol. The van der Waals surface area contributed by atoms with Crippen molar-refractivity contribution in [2.24, 2.45) is 0 Å². The molecule has 0 saturated heterocycles. The molecule has 0 atom stereocenters. The van der Waals surface area contributed by atoms with Crippen molar-refractivity contribution in [3.05, 3.63) is 27.9 Å². The van der Waals surface area contributed by atoms with Crippen LogP contribution in [0.15, 0.2) is 12.3 Å². The summed E-state index contributed by atoms with van der Waals surface area (Å²) in [6, 6.07) is 1.25. The summed E-state index contributed by atoms with van der Waals surface area (Å²) in [5.41, 5.74) is 0.0100. The van der Waals surface area contributed by atoms with Gasteiger partial charge in [-0.25, -0.2) is 4.98 Å². The third kappa shape index (κ3) is 4.69. The molecule has 0 aliphatic heterocycles. The minimum atomic E-state index is -0.560. The van der Waals surface area contributed by atoms with Crippen LogP contribution < -0.4 is 10.6 Å². The fourth-order valence-corrected chi connectivity index (χ4v) is 1.78. The van der Waals surface area contributed by atoms with Gasteiger partial charge < -0.3 is 10.6 Å². The Labute approximate surface area is 121 Å². The van der Waals surface area contributed by atoms with Gasteiger partial charge in [-0.1, -0.05) is 6.92 Å². The number of nitro groups is 1. The summed E-state index contributed by atoms with van der Waals surface area (Å²) in [7, 11) is 0. The lowest BCUT2D eigenvalue weighted by atomic mass is 10.2. The molecule has 0 fully saturated rings. The molecule has 110 valence electrons. The molecule has 1 aromatic rings. The number of carbonyl (C=O) groups is 1. The number of aromatic nitrogens is 1. The van der Waals surface area contributed by atoms with Gasteiger partial charge in [0, 0.05) is 24.9 Å². The Hall–Kier alpha value is -1.83. The van der Waals surface area contributed by atoms with E-state index in [1.807, 2.05) is 13.2 Å². The quantitative estimate of drug-likeness (QED) is 0.432. The van der Waals surface area contributed by atoms with Crippen molar-refractivity contribution in [3.8, 4) is 0 Å². The average molecular weight is 298 g/mol. The zero-order valence-corrected chi connectivity index (χ0v) is 12.3. The molecule has 0 unspecified atom stereocenters. The Morgan fingerprint density at radius 3 is 2.85 bits per heavy atom. The summed E-state index contributed by atoms with van der Waals surface area (Å²) in [4.78, 5) is 26.2. The Kier molecular flexibility index (Phi) is 6.78. The van der Waals surface area contributed by atoms with E-state index >= 15 is 0 Å². The Bertz CT molecular complexity index is 482. The number of rotatable bonds is 8. The molecule has 1 amide bonds. The first-order valence-electron chi connectivity index (χ1n) is 6.25. The second-order valence-electron chi connectivity index (χ2n) is 4.02. The van der Waals surface area contributed by atoms with Gasteiger partial charge in [-0.3, -0.25) is 14.9 Å². The summed E-state index contributed by atoms with van der Waals surface area (Å²) in [5, 5.41) is 16.5. The maximum atomic E-state index is 12.1. The lowest BCUT2D eigenvalue weighted by Crippen LogP contribution is -2.27. The Balaban J connectivity index is 2.94. The standard InChI is InChI=1S/C12H18N4O3S/c1-3-4-13-11-10(12(17)14-5-6-20-2)7-9(8-15-11)16(18)19/h7-8H,3-6H2,1-2H3,(H,13,15)(H,14,17). The van der Waals surface area contributed by atoms with Crippen molar-refractivity contribution in [1.82, 2.24) is 10.3 Å². The van der Waals surface area contributed by atoms with Crippen molar-refractivity contribution in [1.29, 1.82) is 0 Å². The molecule has 1 aromatic heterocycles. The predicted molar refractivity (Wildman–Crippen MR) is 80.4 cm³/mol. The molecular formula is C12H18N4O3S. The molecule has 1 heterocycles. The maximum absolute atomic E-state index is 12.1. The van der Waals surface area contributed by atoms with Gasteiger partial charge in [0.25, 0.3) is 11.6 Å². The molecule has 0 aliphatic carbocycles. The van der Waals surface area contributed by atoms with Gasteiger partial charge in [0.1, 0.15) is 12.0 Å². The highest BCUT2D eigenvalue weighted by atomic mass is 32.2. The number of thioether (sulfide) groups is 1. The number of carbonyl (C=O) groups excluding carboxylic acids is 1. The molecule has 1 rings (SSSR count). The van der Waals surface area contributed by atoms with E-state index in [9.17, 15) is 14.9 Å². The molecule has 0 aromatic carbocycles. The van der Waals surface area contributed by atoms with Gasteiger partial charge in [-0.15, -0.1) is 0 Å². The van der Waals surface area contributed by atoms with Crippen LogP contribution in [0.3, 0.4) is 0 Å². The zero-order valence-electron chi connectivity index (χ0n) is 11.5. The lowest BCUT2D eigenvalue weighted by Gasteiger charge is -2.10. The summed E-state index contributed by atoms with van der Waals surface area (Å²) in [6.07, 6.45) is 3.96. The summed E-state index contributed by atoms with van der Waals surface area (Å²) in [6.45, 7) is 3.14. The third-order valence-corrected chi connectivity index (χ3v) is 3.08. The van der Waals surface area contributed by atoms with Crippen LogP contribution >= 0.6 is 11.8 Å². The first-order chi connectivity index (χ1) is 9.60. The number of hydrogen-bond donors (Lipinski definition) is 2. The van der Waals surface area contributed by atoms with E-state index in [2.05, 4.69) is 15.6 Å². The largest absolute Gasteiger partial charge is 0.369 e. The Morgan fingerprint density at radius 2 is 2.25 bits per heavy atom. The van der Waals surface area contributed by atoms with Crippen molar-refractivity contribution >= 4 is 29.2 Å². The van der Waals surface area contributed by atoms with E-state index in [-0.39, 0.29) is 17.2 Å². The minimum absolute atomic E-state index is 0.193. The summed E-state index contributed by atoms with van der Waals surface area (Å²) >= 11 is 1.61. The number of pyridine rings is 1. The number of anilines is 1. The van der Waals surface area contributed by atoms with Crippen molar-refractivity contribution in [2.75, 3.05) is 30.4 Å². The van der Waals surface area contributed by atoms with Crippen LogP contribution in [0.25, 0.3) is 0 Å². The van der Waals surface area contributed by atoms with Gasteiger partial charge >= 0.3 is 0 Å². The van der Waals surface area contributed by atoms with E-state index in [0.717, 1.165) is 18.4 Å². The monoisotopic (exact) mass is 298 g/mol. The van der Waals surface area contributed by atoms with Crippen LogP contribution in [0.5, 0.6) is 0 Å². The average Bonchev–Trinajstić information content (AvgIpc) is 2.44. The van der Waals surface area contributed by atoms with Gasteiger partial charge in [-0.05, 0) is 12.7 Å². The molecule has 0 bridgehead atoms.